The van der Waals surface area contributed by atoms with Gasteiger partial charge in [0.05, 0.1) is 11.8 Å². The molecule has 2 aromatic carbocycles. The van der Waals surface area contributed by atoms with E-state index in [0.717, 1.165) is 40.6 Å². The van der Waals surface area contributed by atoms with E-state index in [1.54, 1.807) is 4.57 Å². The monoisotopic (exact) mass is 468 g/mol. The standard InChI is InChI=1S/C26H24N6O3/c1-15-6-5-8-19(16(15)2)28-21(33)12-32-20-9-4-3-7-18(20)23-24(32)26(34)31(14-27-23)13-22-29-25(30-35-22)17-10-11-17/h3-9,14,17H,10-13H2,1-2H3,(H,28,33). The maximum absolute atomic E-state index is 13.6. The van der Waals surface area contributed by atoms with E-state index in [1.165, 1.54) is 10.9 Å². The molecule has 3 aromatic heterocycles. The molecule has 0 aliphatic heterocycles. The minimum atomic E-state index is -0.267. The number of hydrogen-bond acceptors (Lipinski definition) is 6. The van der Waals surface area contributed by atoms with Gasteiger partial charge in [0, 0.05) is 17.0 Å². The maximum Gasteiger partial charge on any atom is 0.278 e. The van der Waals surface area contributed by atoms with Crippen LogP contribution in [-0.4, -0.2) is 30.2 Å². The van der Waals surface area contributed by atoms with Crippen LogP contribution in [0.15, 0.2) is 58.1 Å². The van der Waals surface area contributed by atoms with E-state index >= 15 is 0 Å². The SMILES string of the molecule is Cc1cccc(NC(=O)Cn2c3ccccc3c3ncn(Cc4nc(C5CC5)no4)c(=O)c32)c1C. The molecule has 1 saturated carbocycles. The Labute approximate surface area is 200 Å². The van der Waals surface area contributed by atoms with Gasteiger partial charge in [-0.3, -0.25) is 14.2 Å². The van der Waals surface area contributed by atoms with E-state index in [4.69, 9.17) is 4.52 Å². The number of nitrogens with one attached hydrogen (secondary N) is 1. The lowest BCUT2D eigenvalue weighted by atomic mass is 10.1. The maximum atomic E-state index is 13.6. The summed E-state index contributed by atoms with van der Waals surface area (Å²) in [6, 6.07) is 13.4. The lowest BCUT2D eigenvalue weighted by Crippen LogP contribution is -2.25. The predicted octanol–water partition coefficient (Wildman–Crippen LogP) is 3.92. The predicted molar refractivity (Wildman–Crippen MR) is 131 cm³/mol. The number of amides is 1. The van der Waals surface area contributed by atoms with Crippen LogP contribution in [0.5, 0.6) is 0 Å². The minimum Gasteiger partial charge on any atom is -0.337 e. The second-order valence-electron chi connectivity index (χ2n) is 9.09. The molecular formula is C26H24N6O3. The smallest absolute Gasteiger partial charge is 0.278 e. The van der Waals surface area contributed by atoms with Crippen LogP contribution in [0.4, 0.5) is 5.69 Å². The quantitative estimate of drug-likeness (QED) is 0.405. The van der Waals surface area contributed by atoms with Gasteiger partial charge in [-0.25, -0.2) is 4.98 Å². The molecule has 5 aromatic rings. The van der Waals surface area contributed by atoms with Gasteiger partial charge in [-0.2, -0.15) is 4.98 Å². The van der Waals surface area contributed by atoms with E-state index in [-0.39, 0.29) is 24.6 Å². The summed E-state index contributed by atoms with van der Waals surface area (Å²) < 4.78 is 8.54. The van der Waals surface area contributed by atoms with Crippen molar-refractivity contribution in [2.24, 2.45) is 0 Å². The zero-order valence-electron chi connectivity index (χ0n) is 19.5. The molecule has 0 saturated heterocycles. The molecular weight excluding hydrogens is 444 g/mol. The number of aromatic nitrogens is 5. The molecule has 0 spiro atoms. The second-order valence-corrected chi connectivity index (χ2v) is 9.09. The van der Waals surface area contributed by atoms with Crippen molar-refractivity contribution < 1.29 is 9.32 Å². The Morgan fingerprint density at radius 1 is 1.14 bits per heavy atom. The molecule has 35 heavy (non-hydrogen) atoms. The highest BCUT2D eigenvalue weighted by atomic mass is 16.5. The largest absolute Gasteiger partial charge is 0.337 e. The molecule has 9 nitrogen and oxygen atoms in total. The highest BCUT2D eigenvalue weighted by molar-refractivity contribution is 6.06. The Kier molecular flexibility index (Phi) is 4.98. The molecule has 1 fully saturated rings. The van der Waals surface area contributed by atoms with Crippen molar-refractivity contribution in [2.45, 2.75) is 45.7 Å². The Balaban J connectivity index is 1.39. The molecule has 0 radical (unpaired) electrons. The van der Waals surface area contributed by atoms with Crippen LogP contribution in [0.3, 0.4) is 0 Å². The average Bonchev–Trinajstić information content (AvgIpc) is 3.52. The first kappa shape index (κ1) is 21.3. The average molecular weight is 469 g/mol. The third kappa shape index (κ3) is 3.78. The molecule has 0 bridgehead atoms. The van der Waals surface area contributed by atoms with Gasteiger partial charge in [0.2, 0.25) is 11.8 Å². The Hall–Kier alpha value is -4.27. The topological polar surface area (TPSA) is 108 Å². The summed E-state index contributed by atoms with van der Waals surface area (Å²) in [5, 5.41) is 7.84. The van der Waals surface area contributed by atoms with Crippen molar-refractivity contribution in [3.63, 3.8) is 0 Å². The fourth-order valence-electron chi connectivity index (χ4n) is 4.43. The molecule has 1 amide bonds. The normalized spacial score (nSPS) is 13.5. The number of hydrogen-bond donors (Lipinski definition) is 1. The third-order valence-corrected chi connectivity index (χ3v) is 6.65. The van der Waals surface area contributed by atoms with E-state index in [2.05, 4.69) is 20.4 Å². The van der Waals surface area contributed by atoms with E-state index in [0.29, 0.717) is 28.7 Å². The number of carbonyl (C=O) groups is 1. The number of benzene rings is 2. The molecule has 0 atom stereocenters. The van der Waals surface area contributed by atoms with Crippen molar-refractivity contribution in [1.29, 1.82) is 0 Å². The van der Waals surface area contributed by atoms with Crippen LogP contribution in [0.1, 0.15) is 41.6 Å². The number of carbonyl (C=O) groups excluding carboxylic acids is 1. The number of rotatable bonds is 6. The molecule has 1 aliphatic rings. The number of nitrogens with zero attached hydrogens (tertiary/aromatic N) is 5. The van der Waals surface area contributed by atoms with Crippen LogP contribution in [-0.2, 0) is 17.9 Å². The number of fused-ring (bicyclic) bond motifs is 3. The van der Waals surface area contributed by atoms with Crippen molar-refractivity contribution in [3.8, 4) is 0 Å². The molecule has 1 aliphatic carbocycles. The molecule has 9 heteroatoms. The van der Waals surface area contributed by atoms with Crippen molar-refractivity contribution in [2.75, 3.05) is 5.32 Å². The Bertz CT molecular complexity index is 1660. The number of anilines is 1. The summed E-state index contributed by atoms with van der Waals surface area (Å²) in [6.07, 6.45) is 3.63. The second kappa shape index (κ2) is 8.19. The van der Waals surface area contributed by atoms with Gasteiger partial charge in [0.15, 0.2) is 5.82 Å². The molecule has 176 valence electrons. The van der Waals surface area contributed by atoms with Crippen LogP contribution in [0.25, 0.3) is 21.9 Å². The van der Waals surface area contributed by atoms with Crippen LogP contribution in [0.2, 0.25) is 0 Å². The molecule has 6 rings (SSSR count). The van der Waals surface area contributed by atoms with Crippen molar-refractivity contribution in [1.82, 2.24) is 24.3 Å². The van der Waals surface area contributed by atoms with Gasteiger partial charge in [0.1, 0.15) is 24.1 Å². The summed E-state index contributed by atoms with van der Waals surface area (Å²) in [5.74, 6) is 1.20. The fourth-order valence-corrected chi connectivity index (χ4v) is 4.43. The first-order valence-electron chi connectivity index (χ1n) is 11.6. The summed E-state index contributed by atoms with van der Waals surface area (Å²) in [6.45, 7) is 4.08. The molecule has 0 unspecified atom stereocenters. The fraction of sp³-hybridized carbons (Fsp3) is 0.269. The van der Waals surface area contributed by atoms with Gasteiger partial charge < -0.3 is 14.4 Å². The highest BCUT2D eigenvalue weighted by Crippen LogP contribution is 2.38. The van der Waals surface area contributed by atoms with Crippen LogP contribution in [0, 0.1) is 13.8 Å². The molecule has 1 N–H and O–H groups in total. The van der Waals surface area contributed by atoms with E-state index in [9.17, 15) is 9.59 Å². The Morgan fingerprint density at radius 3 is 2.80 bits per heavy atom. The summed E-state index contributed by atoms with van der Waals surface area (Å²) in [4.78, 5) is 35.7. The number of aryl methyl sites for hydroxylation is 1. The minimum absolute atomic E-state index is 0.0231. The van der Waals surface area contributed by atoms with Crippen molar-refractivity contribution >= 4 is 33.5 Å². The van der Waals surface area contributed by atoms with E-state index in [1.807, 2.05) is 56.3 Å². The first-order valence-corrected chi connectivity index (χ1v) is 11.6. The van der Waals surface area contributed by atoms with Gasteiger partial charge >= 0.3 is 0 Å². The van der Waals surface area contributed by atoms with Crippen molar-refractivity contribution in [3.05, 3.63) is 82.0 Å². The van der Waals surface area contributed by atoms with Crippen LogP contribution < -0.4 is 10.9 Å². The highest BCUT2D eigenvalue weighted by Gasteiger charge is 2.29. The number of para-hydroxylation sites is 1. The summed E-state index contributed by atoms with van der Waals surface area (Å²) in [7, 11) is 0. The molecule has 3 heterocycles. The summed E-state index contributed by atoms with van der Waals surface area (Å²) in [5.41, 5.74) is 4.30. The Morgan fingerprint density at radius 2 is 1.97 bits per heavy atom. The first-order chi connectivity index (χ1) is 17.0. The van der Waals surface area contributed by atoms with Gasteiger partial charge in [-0.15, -0.1) is 0 Å². The van der Waals surface area contributed by atoms with E-state index < -0.39 is 0 Å². The van der Waals surface area contributed by atoms with Crippen LogP contribution >= 0.6 is 0 Å². The summed E-state index contributed by atoms with van der Waals surface area (Å²) >= 11 is 0. The van der Waals surface area contributed by atoms with Gasteiger partial charge in [-0.1, -0.05) is 35.5 Å². The van der Waals surface area contributed by atoms with Gasteiger partial charge in [-0.05, 0) is 49.9 Å². The van der Waals surface area contributed by atoms with Gasteiger partial charge in [0.25, 0.3) is 5.56 Å². The zero-order valence-corrected chi connectivity index (χ0v) is 19.5. The third-order valence-electron chi connectivity index (χ3n) is 6.65. The lowest BCUT2D eigenvalue weighted by molar-refractivity contribution is -0.116. The lowest BCUT2D eigenvalue weighted by Gasteiger charge is -2.12. The zero-order chi connectivity index (χ0) is 24.1.